The normalized spacial score (nSPS) is 17.4. The van der Waals surface area contributed by atoms with Gasteiger partial charge in [-0.2, -0.15) is 0 Å². The molecule has 1 fully saturated rings. The highest BCUT2D eigenvalue weighted by Crippen LogP contribution is 2.35. The van der Waals surface area contributed by atoms with Gasteiger partial charge in [0, 0.05) is 23.1 Å². The lowest BCUT2D eigenvalue weighted by atomic mass is 10.2. The molecule has 26 heavy (non-hydrogen) atoms. The van der Waals surface area contributed by atoms with Crippen molar-refractivity contribution >= 4 is 29.0 Å². The molecule has 1 aliphatic rings. The van der Waals surface area contributed by atoms with Crippen LogP contribution in [0.4, 0.5) is 9.18 Å². The number of hydrogen-bond acceptors (Lipinski definition) is 3. The van der Waals surface area contributed by atoms with Crippen molar-refractivity contribution in [3.05, 3.63) is 58.0 Å². The van der Waals surface area contributed by atoms with E-state index >= 15 is 0 Å². The van der Waals surface area contributed by atoms with E-state index in [0.29, 0.717) is 4.91 Å². The number of carbonyl (C=O) groups is 2. The lowest BCUT2D eigenvalue weighted by Crippen LogP contribution is -2.36. The monoisotopic (exact) mass is 372 g/mol. The van der Waals surface area contributed by atoms with Crippen molar-refractivity contribution in [3.63, 3.8) is 0 Å². The fourth-order valence-electron chi connectivity index (χ4n) is 3.13. The first kappa shape index (κ1) is 18.5. The van der Waals surface area contributed by atoms with Gasteiger partial charge in [-0.05, 0) is 74.9 Å². The number of rotatable bonds is 4. The second kappa shape index (κ2) is 7.11. The molecule has 0 N–H and O–H groups in total. The summed E-state index contributed by atoms with van der Waals surface area (Å²) < 4.78 is 15.5. The van der Waals surface area contributed by atoms with E-state index in [9.17, 15) is 14.0 Å². The van der Waals surface area contributed by atoms with E-state index in [4.69, 9.17) is 0 Å². The highest BCUT2D eigenvalue weighted by molar-refractivity contribution is 8.18. The maximum atomic E-state index is 13.6. The van der Waals surface area contributed by atoms with Gasteiger partial charge < -0.3 is 4.57 Å². The van der Waals surface area contributed by atoms with Crippen molar-refractivity contribution in [2.75, 3.05) is 0 Å². The molecule has 0 aliphatic carbocycles. The van der Waals surface area contributed by atoms with Crippen molar-refractivity contribution in [2.45, 2.75) is 40.2 Å². The minimum Gasteiger partial charge on any atom is -0.318 e. The number of nitrogens with zero attached hydrogens (tertiary/aromatic N) is 2. The minimum atomic E-state index is -0.300. The van der Waals surface area contributed by atoms with Gasteiger partial charge in [-0.3, -0.25) is 14.5 Å². The summed E-state index contributed by atoms with van der Waals surface area (Å²) in [6.45, 7) is 7.67. The molecule has 136 valence electrons. The van der Waals surface area contributed by atoms with Crippen LogP contribution in [0.5, 0.6) is 0 Å². The van der Waals surface area contributed by atoms with E-state index in [1.54, 1.807) is 12.1 Å². The molecule has 1 saturated heterocycles. The van der Waals surface area contributed by atoms with Crippen LogP contribution < -0.4 is 0 Å². The standard InChI is InChI=1S/C20H21FN2O2S/c1-5-12(2)23-19(24)18(26-20(23)25)10-15-9-13(3)22(14(15)4)17-8-6-7-16(21)11-17/h6-12H,5H2,1-4H3/b18-10+/t12-/m1/s1. The van der Waals surface area contributed by atoms with E-state index in [1.807, 2.05) is 44.4 Å². The van der Waals surface area contributed by atoms with Gasteiger partial charge in [-0.1, -0.05) is 13.0 Å². The summed E-state index contributed by atoms with van der Waals surface area (Å²) in [5.41, 5.74) is 3.40. The van der Waals surface area contributed by atoms with Crippen LogP contribution in [-0.2, 0) is 4.79 Å². The van der Waals surface area contributed by atoms with Crippen molar-refractivity contribution in [1.29, 1.82) is 0 Å². The number of halogens is 1. The Hall–Kier alpha value is -2.34. The summed E-state index contributed by atoms with van der Waals surface area (Å²) in [4.78, 5) is 26.5. The Morgan fingerprint density at radius 3 is 2.62 bits per heavy atom. The average molecular weight is 372 g/mol. The van der Waals surface area contributed by atoms with Crippen molar-refractivity contribution < 1.29 is 14.0 Å². The molecular formula is C20H21FN2O2S. The van der Waals surface area contributed by atoms with E-state index in [-0.39, 0.29) is 23.0 Å². The summed E-state index contributed by atoms with van der Waals surface area (Å²) in [5, 5.41) is -0.227. The highest BCUT2D eigenvalue weighted by atomic mass is 32.2. The Balaban J connectivity index is 1.99. The molecule has 0 bridgehead atoms. The largest absolute Gasteiger partial charge is 0.318 e. The third-order valence-electron chi connectivity index (χ3n) is 4.68. The fraction of sp³-hybridized carbons (Fsp3) is 0.300. The molecule has 0 saturated carbocycles. The Labute approximate surface area is 156 Å². The maximum Gasteiger partial charge on any atom is 0.293 e. The van der Waals surface area contributed by atoms with E-state index in [0.717, 1.165) is 40.8 Å². The summed E-state index contributed by atoms with van der Waals surface area (Å²) in [5.74, 6) is -0.545. The zero-order valence-electron chi connectivity index (χ0n) is 15.2. The Kier molecular flexibility index (Phi) is 5.05. The molecule has 1 aromatic carbocycles. The van der Waals surface area contributed by atoms with Crippen LogP contribution >= 0.6 is 11.8 Å². The number of carbonyl (C=O) groups excluding carboxylic acids is 2. The number of aromatic nitrogens is 1. The van der Waals surface area contributed by atoms with Gasteiger partial charge in [0.05, 0.1) is 4.91 Å². The molecule has 3 rings (SSSR count). The molecule has 1 atom stereocenters. The Bertz CT molecular complexity index is 917. The first-order chi connectivity index (χ1) is 12.3. The van der Waals surface area contributed by atoms with Crippen LogP contribution in [0.25, 0.3) is 11.8 Å². The van der Waals surface area contributed by atoms with Crippen molar-refractivity contribution in [1.82, 2.24) is 9.47 Å². The van der Waals surface area contributed by atoms with E-state index in [2.05, 4.69) is 0 Å². The molecule has 0 unspecified atom stereocenters. The number of benzene rings is 1. The third kappa shape index (κ3) is 3.21. The van der Waals surface area contributed by atoms with Gasteiger partial charge in [-0.25, -0.2) is 4.39 Å². The molecule has 2 amide bonds. The van der Waals surface area contributed by atoms with Crippen LogP contribution in [-0.4, -0.2) is 26.7 Å². The first-order valence-electron chi connectivity index (χ1n) is 8.55. The molecule has 0 spiro atoms. The minimum absolute atomic E-state index is 0.117. The number of hydrogen-bond donors (Lipinski definition) is 0. The summed E-state index contributed by atoms with van der Waals surface area (Å²) in [6, 6.07) is 8.21. The molecule has 2 aromatic rings. The zero-order valence-corrected chi connectivity index (χ0v) is 16.1. The second-order valence-electron chi connectivity index (χ2n) is 6.45. The van der Waals surface area contributed by atoms with Crippen LogP contribution in [0.1, 0.15) is 37.2 Å². The molecular weight excluding hydrogens is 351 g/mol. The van der Waals surface area contributed by atoms with Gasteiger partial charge in [0.15, 0.2) is 0 Å². The van der Waals surface area contributed by atoms with Crippen LogP contribution in [0.15, 0.2) is 35.2 Å². The Morgan fingerprint density at radius 1 is 1.23 bits per heavy atom. The van der Waals surface area contributed by atoms with Gasteiger partial charge in [0.2, 0.25) is 0 Å². The van der Waals surface area contributed by atoms with Gasteiger partial charge in [-0.15, -0.1) is 0 Å². The van der Waals surface area contributed by atoms with Gasteiger partial charge >= 0.3 is 0 Å². The topological polar surface area (TPSA) is 42.3 Å². The summed E-state index contributed by atoms with van der Waals surface area (Å²) in [6.07, 6.45) is 2.48. The lowest BCUT2D eigenvalue weighted by molar-refractivity contribution is -0.124. The smallest absolute Gasteiger partial charge is 0.293 e. The molecule has 4 nitrogen and oxygen atoms in total. The van der Waals surface area contributed by atoms with Crippen molar-refractivity contribution in [2.24, 2.45) is 0 Å². The third-order valence-corrected chi connectivity index (χ3v) is 5.56. The zero-order chi connectivity index (χ0) is 19.0. The van der Waals surface area contributed by atoms with E-state index in [1.165, 1.54) is 17.0 Å². The van der Waals surface area contributed by atoms with Crippen LogP contribution in [0, 0.1) is 19.7 Å². The predicted molar refractivity (Wildman–Crippen MR) is 103 cm³/mol. The molecule has 2 heterocycles. The Morgan fingerprint density at radius 2 is 1.96 bits per heavy atom. The summed E-state index contributed by atoms with van der Waals surface area (Å²) >= 11 is 0.972. The number of thioether (sulfide) groups is 1. The first-order valence-corrected chi connectivity index (χ1v) is 9.37. The lowest BCUT2D eigenvalue weighted by Gasteiger charge is -2.19. The SMILES string of the molecule is CC[C@@H](C)N1C(=O)S/C(=C/c2cc(C)n(-c3cccc(F)c3)c2C)C1=O. The van der Waals surface area contributed by atoms with Crippen LogP contribution in [0.2, 0.25) is 0 Å². The number of amides is 2. The van der Waals surface area contributed by atoms with Gasteiger partial charge in [0.25, 0.3) is 11.1 Å². The number of imide groups is 1. The second-order valence-corrected chi connectivity index (χ2v) is 7.44. The quantitative estimate of drug-likeness (QED) is 0.704. The molecule has 6 heteroatoms. The fourth-order valence-corrected chi connectivity index (χ4v) is 4.05. The molecule has 1 aliphatic heterocycles. The maximum absolute atomic E-state index is 13.6. The summed E-state index contributed by atoms with van der Waals surface area (Å²) in [7, 11) is 0. The molecule has 0 radical (unpaired) electrons. The van der Waals surface area contributed by atoms with Crippen molar-refractivity contribution in [3.8, 4) is 5.69 Å². The predicted octanol–water partition coefficient (Wildman–Crippen LogP) is 5.07. The molecule has 1 aromatic heterocycles. The van der Waals surface area contributed by atoms with E-state index < -0.39 is 0 Å². The average Bonchev–Trinajstić information content (AvgIpc) is 3.03. The van der Waals surface area contributed by atoms with Crippen LogP contribution in [0.3, 0.4) is 0 Å². The number of aryl methyl sites for hydroxylation is 1. The van der Waals surface area contributed by atoms with Gasteiger partial charge in [0.1, 0.15) is 5.82 Å². The highest BCUT2D eigenvalue weighted by Gasteiger charge is 2.37.